The number of hydrogen-bond donors (Lipinski definition) is 1. The monoisotopic (exact) mass is 237 g/mol. The summed E-state index contributed by atoms with van der Waals surface area (Å²) in [5.41, 5.74) is 0. The molecule has 0 saturated carbocycles. The molecule has 0 radical (unpaired) electrons. The molecule has 0 aliphatic heterocycles. The van der Waals surface area contributed by atoms with E-state index >= 15 is 0 Å². The van der Waals surface area contributed by atoms with Crippen molar-refractivity contribution in [2.45, 2.75) is 26.4 Å². The second kappa shape index (κ2) is 5.72. The van der Waals surface area contributed by atoms with Crippen LogP contribution < -0.4 is 5.32 Å². The van der Waals surface area contributed by atoms with Crippen LogP contribution in [0.15, 0.2) is 18.6 Å². The number of hydrogen-bond acceptors (Lipinski definition) is 5. The Morgan fingerprint density at radius 3 is 3.12 bits per heavy atom. The minimum Gasteiger partial charge on any atom is -0.312 e. The molecular weight excluding hydrogens is 222 g/mol. The molecule has 0 amide bonds. The Balaban J connectivity index is 1.59. The molecule has 0 aliphatic rings. The Morgan fingerprint density at radius 1 is 1.50 bits per heavy atom. The van der Waals surface area contributed by atoms with Crippen LogP contribution in [-0.2, 0) is 13.1 Å². The normalized spacial score (nSPS) is 10.8. The SMILES string of the molecule is Cc1ncc(CNCCCn2ccnn2)s1. The first-order chi connectivity index (χ1) is 7.84. The van der Waals surface area contributed by atoms with Gasteiger partial charge in [-0.25, -0.2) is 4.98 Å². The van der Waals surface area contributed by atoms with Gasteiger partial charge in [0.1, 0.15) is 0 Å². The molecule has 86 valence electrons. The molecule has 2 aromatic rings. The van der Waals surface area contributed by atoms with Gasteiger partial charge in [-0.3, -0.25) is 4.68 Å². The van der Waals surface area contributed by atoms with E-state index in [1.807, 2.05) is 24.0 Å². The van der Waals surface area contributed by atoms with Crippen molar-refractivity contribution in [3.05, 3.63) is 28.5 Å². The van der Waals surface area contributed by atoms with E-state index in [0.717, 1.165) is 31.1 Å². The van der Waals surface area contributed by atoms with Crippen molar-refractivity contribution >= 4 is 11.3 Å². The fourth-order valence-corrected chi connectivity index (χ4v) is 2.18. The number of nitrogens with one attached hydrogen (secondary N) is 1. The predicted molar refractivity (Wildman–Crippen MR) is 63.2 cm³/mol. The Labute approximate surface area is 98.5 Å². The van der Waals surface area contributed by atoms with Crippen molar-refractivity contribution in [2.75, 3.05) is 6.54 Å². The van der Waals surface area contributed by atoms with E-state index in [0.29, 0.717) is 0 Å². The van der Waals surface area contributed by atoms with E-state index in [9.17, 15) is 0 Å². The van der Waals surface area contributed by atoms with Crippen LogP contribution in [0.1, 0.15) is 16.3 Å². The molecule has 16 heavy (non-hydrogen) atoms. The summed E-state index contributed by atoms with van der Waals surface area (Å²) in [4.78, 5) is 5.50. The van der Waals surface area contributed by atoms with Gasteiger partial charge in [0, 0.05) is 30.4 Å². The third-order valence-corrected chi connectivity index (χ3v) is 3.09. The topological polar surface area (TPSA) is 55.6 Å². The van der Waals surface area contributed by atoms with Crippen molar-refractivity contribution in [3.63, 3.8) is 0 Å². The largest absolute Gasteiger partial charge is 0.312 e. The predicted octanol–water partition coefficient (Wildman–Crippen LogP) is 1.22. The quantitative estimate of drug-likeness (QED) is 0.768. The van der Waals surface area contributed by atoms with Crippen LogP contribution in [0.5, 0.6) is 0 Å². The maximum Gasteiger partial charge on any atom is 0.0897 e. The molecule has 2 aromatic heterocycles. The summed E-state index contributed by atoms with van der Waals surface area (Å²) in [6.45, 7) is 4.83. The second-order valence-corrected chi connectivity index (χ2v) is 4.86. The van der Waals surface area contributed by atoms with Gasteiger partial charge in [0.05, 0.1) is 11.2 Å². The van der Waals surface area contributed by atoms with E-state index < -0.39 is 0 Å². The standard InChI is InChI=1S/C10H15N5S/c1-9-12-8-10(16-9)7-11-3-2-5-15-6-4-13-14-15/h4,6,8,11H,2-3,5,7H2,1H3. The number of aromatic nitrogens is 4. The molecule has 1 N–H and O–H groups in total. The summed E-state index contributed by atoms with van der Waals surface area (Å²) < 4.78 is 1.85. The van der Waals surface area contributed by atoms with E-state index in [1.54, 1.807) is 17.5 Å². The van der Waals surface area contributed by atoms with Gasteiger partial charge < -0.3 is 5.32 Å². The third kappa shape index (κ3) is 3.39. The summed E-state index contributed by atoms with van der Waals surface area (Å²) in [6, 6.07) is 0. The zero-order chi connectivity index (χ0) is 11.2. The van der Waals surface area contributed by atoms with Crippen LogP contribution in [0.2, 0.25) is 0 Å². The molecule has 0 fully saturated rings. The molecule has 2 rings (SSSR count). The van der Waals surface area contributed by atoms with E-state index in [2.05, 4.69) is 20.6 Å². The number of aryl methyl sites for hydroxylation is 2. The van der Waals surface area contributed by atoms with Crippen molar-refractivity contribution in [3.8, 4) is 0 Å². The van der Waals surface area contributed by atoms with Gasteiger partial charge in [0.2, 0.25) is 0 Å². The van der Waals surface area contributed by atoms with Crippen LogP contribution in [0.3, 0.4) is 0 Å². The van der Waals surface area contributed by atoms with Gasteiger partial charge >= 0.3 is 0 Å². The van der Waals surface area contributed by atoms with Gasteiger partial charge in [-0.2, -0.15) is 0 Å². The zero-order valence-corrected chi connectivity index (χ0v) is 10.1. The lowest BCUT2D eigenvalue weighted by Crippen LogP contribution is -2.16. The Hall–Kier alpha value is -1.27. The molecule has 2 heterocycles. The maximum atomic E-state index is 4.21. The van der Waals surface area contributed by atoms with Crippen LogP contribution in [0.4, 0.5) is 0 Å². The van der Waals surface area contributed by atoms with Gasteiger partial charge in [0.15, 0.2) is 0 Å². The molecule has 0 aromatic carbocycles. The Kier molecular flexibility index (Phi) is 4.01. The summed E-state index contributed by atoms with van der Waals surface area (Å²) in [5.74, 6) is 0. The van der Waals surface area contributed by atoms with Crippen molar-refractivity contribution in [1.82, 2.24) is 25.3 Å². The molecular formula is C10H15N5S. The average Bonchev–Trinajstić information content (AvgIpc) is 2.89. The van der Waals surface area contributed by atoms with Crippen molar-refractivity contribution in [1.29, 1.82) is 0 Å². The molecule has 0 aliphatic carbocycles. The van der Waals surface area contributed by atoms with Crippen LogP contribution in [0.25, 0.3) is 0 Å². The van der Waals surface area contributed by atoms with Crippen LogP contribution >= 0.6 is 11.3 Å². The highest BCUT2D eigenvalue weighted by molar-refractivity contribution is 7.11. The van der Waals surface area contributed by atoms with Crippen molar-refractivity contribution in [2.24, 2.45) is 0 Å². The minimum absolute atomic E-state index is 0.906. The summed E-state index contributed by atoms with van der Waals surface area (Å²) >= 11 is 1.74. The third-order valence-electron chi connectivity index (χ3n) is 2.18. The van der Waals surface area contributed by atoms with E-state index in [4.69, 9.17) is 0 Å². The molecule has 0 atom stereocenters. The summed E-state index contributed by atoms with van der Waals surface area (Å²) in [5, 5.41) is 12.2. The molecule has 6 heteroatoms. The highest BCUT2D eigenvalue weighted by Gasteiger charge is 1.97. The maximum absolute atomic E-state index is 4.21. The van der Waals surface area contributed by atoms with Gasteiger partial charge in [0.25, 0.3) is 0 Å². The zero-order valence-electron chi connectivity index (χ0n) is 9.26. The Bertz CT molecular complexity index is 409. The fraction of sp³-hybridized carbons (Fsp3) is 0.500. The van der Waals surface area contributed by atoms with Crippen LogP contribution in [-0.4, -0.2) is 26.5 Å². The highest BCUT2D eigenvalue weighted by Crippen LogP contribution is 2.10. The fourth-order valence-electron chi connectivity index (χ4n) is 1.42. The molecule has 0 bridgehead atoms. The van der Waals surface area contributed by atoms with Gasteiger partial charge in [-0.15, -0.1) is 16.4 Å². The Morgan fingerprint density at radius 2 is 2.44 bits per heavy atom. The lowest BCUT2D eigenvalue weighted by atomic mass is 10.4. The molecule has 5 nitrogen and oxygen atoms in total. The highest BCUT2D eigenvalue weighted by atomic mass is 32.1. The second-order valence-electron chi connectivity index (χ2n) is 3.54. The first kappa shape index (κ1) is 11.2. The molecule has 0 saturated heterocycles. The van der Waals surface area contributed by atoms with E-state index in [-0.39, 0.29) is 0 Å². The molecule has 0 spiro atoms. The summed E-state index contributed by atoms with van der Waals surface area (Å²) in [7, 11) is 0. The smallest absolute Gasteiger partial charge is 0.0897 e. The number of nitrogens with zero attached hydrogens (tertiary/aromatic N) is 4. The van der Waals surface area contributed by atoms with Gasteiger partial charge in [-0.05, 0) is 19.9 Å². The number of thiazole rings is 1. The summed E-state index contributed by atoms with van der Waals surface area (Å²) in [6.07, 6.45) is 6.58. The lowest BCUT2D eigenvalue weighted by Gasteiger charge is -2.02. The lowest BCUT2D eigenvalue weighted by molar-refractivity contribution is 0.531. The van der Waals surface area contributed by atoms with Crippen molar-refractivity contribution < 1.29 is 0 Å². The minimum atomic E-state index is 0.906. The first-order valence-corrected chi connectivity index (χ1v) is 6.12. The molecule has 0 unspecified atom stereocenters. The van der Waals surface area contributed by atoms with Crippen LogP contribution in [0, 0.1) is 6.92 Å². The first-order valence-electron chi connectivity index (χ1n) is 5.31. The average molecular weight is 237 g/mol. The van der Waals surface area contributed by atoms with E-state index in [1.165, 1.54) is 4.88 Å². The van der Waals surface area contributed by atoms with Gasteiger partial charge in [-0.1, -0.05) is 5.21 Å². The number of rotatable bonds is 6.